The molecule has 0 spiro atoms. The number of carbonyl (C=O) groups excluding carboxylic acids is 1. The largest absolute Gasteiger partial charge is 0.464 e. The summed E-state index contributed by atoms with van der Waals surface area (Å²) >= 11 is 3.21. The highest BCUT2D eigenvalue weighted by Crippen LogP contribution is 2.24. The van der Waals surface area contributed by atoms with Crippen molar-refractivity contribution in [2.45, 2.75) is 17.4 Å². The Morgan fingerprint density at radius 1 is 1.38 bits per heavy atom. The van der Waals surface area contributed by atoms with E-state index in [9.17, 15) is 18.0 Å². The smallest absolute Gasteiger partial charge is 0.360 e. The number of rotatable bonds is 5. The molecule has 9 nitrogen and oxygen atoms in total. The van der Waals surface area contributed by atoms with Gasteiger partial charge in [-0.25, -0.2) is 9.78 Å². The van der Waals surface area contributed by atoms with Gasteiger partial charge in [-0.15, -0.1) is 6.58 Å². The number of hydrogen-bond donors (Lipinski definition) is 0. The Morgan fingerprint density at radius 2 is 2.07 bits per heavy atom. The number of halogens is 1. The molecule has 1 aromatic carbocycles. The molecule has 1 aliphatic rings. The SMILES string of the molecule is C=C[C@H]1COCCc2nc(C(=O)OC)c(OS(=O)(=O)c3ccc(Br)cc3)c(=O)n21. The van der Waals surface area contributed by atoms with Crippen molar-refractivity contribution in [1.29, 1.82) is 0 Å². The van der Waals surface area contributed by atoms with E-state index in [0.29, 0.717) is 4.47 Å². The number of fused-ring (bicyclic) bond motifs is 1. The summed E-state index contributed by atoms with van der Waals surface area (Å²) < 4.78 is 42.5. The van der Waals surface area contributed by atoms with Crippen molar-refractivity contribution in [1.82, 2.24) is 9.55 Å². The summed E-state index contributed by atoms with van der Waals surface area (Å²) in [5.41, 5.74) is -1.36. The van der Waals surface area contributed by atoms with Gasteiger partial charge in [0.1, 0.15) is 10.7 Å². The Balaban J connectivity index is 2.20. The molecule has 0 radical (unpaired) electrons. The van der Waals surface area contributed by atoms with Gasteiger partial charge >= 0.3 is 16.1 Å². The predicted molar refractivity (Wildman–Crippen MR) is 106 cm³/mol. The van der Waals surface area contributed by atoms with Crippen molar-refractivity contribution in [2.24, 2.45) is 0 Å². The van der Waals surface area contributed by atoms with Gasteiger partial charge in [-0.3, -0.25) is 9.36 Å². The predicted octanol–water partition coefficient (Wildman–Crippen LogP) is 1.86. The van der Waals surface area contributed by atoms with Crippen LogP contribution in [0.3, 0.4) is 0 Å². The van der Waals surface area contributed by atoms with Crippen molar-refractivity contribution < 1.29 is 26.9 Å². The minimum atomic E-state index is -4.42. The number of benzene rings is 1. The molecule has 2 aromatic rings. The number of ether oxygens (including phenoxy) is 2. The zero-order valence-electron chi connectivity index (χ0n) is 15.3. The third-order valence-electron chi connectivity index (χ3n) is 4.18. The molecular formula is C18H17BrN2O7S. The van der Waals surface area contributed by atoms with Crippen molar-refractivity contribution in [2.75, 3.05) is 20.3 Å². The Bertz CT molecular complexity index is 1110. The average Bonchev–Trinajstić information content (AvgIpc) is 2.91. The van der Waals surface area contributed by atoms with E-state index in [1.165, 1.54) is 34.9 Å². The van der Waals surface area contributed by atoms with Crippen molar-refractivity contribution in [3.05, 3.63) is 63.3 Å². The van der Waals surface area contributed by atoms with Crippen LogP contribution in [0.4, 0.5) is 0 Å². The molecule has 2 heterocycles. The van der Waals surface area contributed by atoms with E-state index in [0.717, 1.165) is 7.11 Å². The zero-order chi connectivity index (χ0) is 21.2. The molecule has 29 heavy (non-hydrogen) atoms. The molecule has 0 bridgehead atoms. The maximum Gasteiger partial charge on any atom is 0.360 e. The van der Waals surface area contributed by atoms with E-state index in [1.54, 1.807) is 0 Å². The van der Waals surface area contributed by atoms with Crippen molar-refractivity contribution >= 4 is 32.0 Å². The van der Waals surface area contributed by atoms with E-state index in [4.69, 9.17) is 8.92 Å². The van der Waals surface area contributed by atoms with Gasteiger partial charge < -0.3 is 13.7 Å². The van der Waals surface area contributed by atoms with Gasteiger partial charge in [-0.1, -0.05) is 22.0 Å². The van der Waals surface area contributed by atoms with Crippen LogP contribution in [-0.2, 0) is 26.0 Å². The zero-order valence-corrected chi connectivity index (χ0v) is 17.7. The molecule has 0 amide bonds. The van der Waals surface area contributed by atoms with E-state index in [2.05, 4.69) is 32.2 Å². The maximum atomic E-state index is 13.2. The summed E-state index contributed by atoms with van der Waals surface area (Å²) in [6.07, 6.45) is 1.71. The highest BCUT2D eigenvalue weighted by molar-refractivity contribution is 9.10. The Labute approximate surface area is 175 Å². The fourth-order valence-electron chi connectivity index (χ4n) is 2.76. The third-order valence-corrected chi connectivity index (χ3v) is 5.95. The quantitative estimate of drug-likeness (QED) is 0.358. The van der Waals surface area contributed by atoms with Crippen molar-refractivity contribution in [3.8, 4) is 5.75 Å². The van der Waals surface area contributed by atoms with Crippen LogP contribution in [0, 0.1) is 0 Å². The van der Waals surface area contributed by atoms with Crippen LogP contribution >= 0.6 is 15.9 Å². The average molecular weight is 485 g/mol. The highest BCUT2D eigenvalue weighted by atomic mass is 79.9. The fraction of sp³-hybridized carbons (Fsp3) is 0.278. The molecule has 154 valence electrons. The second-order valence-electron chi connectivity index (χ2n) is 5.99. The van der Waals surface area contributed by atoms with Gasteiger partial charge in [0.25, 0.3) is 5.56 Å². The lowest BCUT2D eigenvalue weighted by molar-refractivity contribution is 0.0590. The molecule has 1 atom stereocenters. The molecule has 3 rings (SSSR count). The molecule has 11 heteroatoms. The fourth-order valence-corrected chi connectivity index (χ4v) is 3.96. The number of carbonyl (C=O) groups is 1. The van der Waals surface area contributed by atoms with Gasteiger partial charge in [0.2, 0.25) is 5.75 Å². The van der Waals surface area contributed by atoms with E-state index in [1.807, 2.05) is 0 Å². The Hall–Kier alpha value is -2.50. The van der Waals surface area contributed by atoms with E-state index in [-0.39, 0.29) is 30.4 Å². The Kier molecular flexibility index (Phi) is 6.20. The van der Waals surface area contributed by atoms with Gasteiger partial charge in [-0.05, 0) is 24.3 Å². The third kappa shape index (κ3) is 4.26. The van der Waals surface area contributed by atoms with Crippen LogP contribution in [0.25, 0.3) is 0 Å². The number of esters is 1. The molecule has 0 aliphatic carbocycles. The van der Waals surface area contributed by atoms with E-state index >= 15 is 0 Å². The summed E-state index contributed by atoms with van der Waals surface area (Å²) in [4.78, 5) is 29.3. The second kappa shape index (κ2) is 8.47. The molecule has 0 N–H and O–H groups in total. The number of methoxy groups -OCH3 is 1. The first kappa shape index (κ1) is 21.2. The molecule has 1 aromatic heterocycles. The first-order valence-electron chi connectivity index (χ1n) is 8.42. The summed E-state index contributed by atoms with van der Waals surface area (Å²) in [6, 6.07) is 5.00. The molecule has 0 fully saturated rings. The van der Waals surface area contributed by atoms with Crippen LogP contribution in [-0.4, -0.2) is 44.3 Å². The van der Waals surface area contributed by atoms with Crippen molar-refractivity contribution in [3.63, 3.8) is 0 Å². The van der Waals surface area contributed by atoms with Crippen LogP contribution in [0.1, 0.15) is 22.4 Å². The number of nitrogens with zero attached hydrogens (tertiary/aromatic N) is 2. The second-order valence-corrected chi connectivity index (χ2v) is 8.45. The van der Waals surface area contributed by atoms with Crippen LogP contribution in [0.15, 0.2) is 51.1 Å². The first-order valence-corrected chi connectivity index (χ1v) is 10.6. The highest BCUT2D eigenvalue weighted by Gasteiger charge is 2.31. The topological polar surface area (TPSA) is 114 Å². The summed E-state index contributed by atoms with van der Waals surface area (Å²) in [5, 5.41) is 0. The molecule has 0 saturated heterocycles. The lowest BCUT2D eigenvalue weighted by atomic mass is 10.2. The molecule has 0 saturated carbocycles. The van der Waals surface area contributed by atoms with Crippen LogP contribution < -0.4 is 9.74 Å². The monoisotopic (exact) mass is 484 g/mol. The summed E-state index contributed by atoms with van der Waals surface area (Å²) in [6.45, 7) is 4.10. The summed E-state index contributed by atoms with van der Waals surface area (Å²) in [5.74, 6) is -1.49. The number of hydrogen-bond acceptors (Lipinski definition) is 8. The van der Waals surface area contributed by atoms with Gasteiger partial charge in [0, 0.05) is 10.9 Å². The van der Waals surface area contributed by atoms with E-state index < -0.39 is 39.1 Å². The normalized spacial score (nSPS) is 16.4. The molecule has 0 unspecified atom stereocenters. The van der Waals surface area contributed by atoms with Crippen LogP contribution in [0.2, 0.25) is 0 Å². The molecular weight excluding hydrogens is 468 g/mol. The van der Waals surface area contributed by atoms with Crippen LogP contribution in [0.5, 0.6) is 5.75 Å². The maximum absolute atomic E-state index is 13.2. The minimum absolute atomic E-state index is 0.147. The van der Waals surface area contributed by atoms with Gasteiger partial charge in [0.05, 0.1) is 26.4 Å². The lowest BCUT2D eigenvalue weighted by Gasteiger charge is -2.18. The standard InChI is InChI=1S/C18H17BrN2O7S/c1-3-12-10-27-9-8-14-20-15(18(23)26-2)16(17(22)21(12)14)28-29(24,25)13-6-4-11(19)5-7-13/h3-7,12H,1,8-10H2,2H3/t12-/m0/s1. The molecule has 1 aliphatic heterocycles. The number of aromatic nitrogens is 2. The lowest BCUT2D eigenvalue weighted by Crippen LogP contribution is -2.33. The van der Waals surface area contributed by atoms with Gasteiger partial charge in [-0.2, -0.15) is 8.42 Å². The summed E-state index contributed by atoms with van der Waals surface area (Å²) in [7, 11) is -3.32. The minimum Gasteiger partial charge on any atom is -0.464 e. The Morgan fingerprint density at radius 3 is 2.69 bits per heavy atom. The first-order chi connectivity index (χ1) is 13.8. The van der Waals surface area contributed by atoms with Gasteiger partial charge in [0.15, 0.2) is 5.69 Å².